The molecule has 1 heterocycles. The Balaban J connectivity index is 1.41. The van der Waals surface area contributed by atoms with Crippen molar-refractivity contribution in [3.63, 3.8) is 0 Å². The van der Waals surface area contributed by atoms with Gasteiger partial charge < -0.3 is 21.1 Å². The summed E-state index contributed by atoms with van der Waals surface area (Å²) in [6, 6.07) is 25.2. The lowest BCUT2D eigenvalue weighted by Crippen LogP contribution is -2.30. The molecule has 0 saturated heterocycles. The largest absolute Gasteiger partial charge is 0.457 e. The van der Waals surface area contributed by atoms with E-state index in [0.717, 1.165) is 16.8 Å². The van der Waals surface area contributed by atoms with Gasteiger partial charge in [0.05, 0.1) is 12.5 Å². The Morgan fingerprint density at radius 2 is 1.56 bits per heavy atom. The molecule has 9 nitrogen and oxygen atoms in total. The van der Waals surface area contributed by atoms with Crippen molar-refractivity contribution in [1.29, 1.82) is 0 Å². The lowest BCUT2D eigenvalue weighted by Gasteiger charge is -2.19. The van der Waals surface area contributed by atoms with Crippen molar-refractivity contribution in [1.82, 2.24) is 20.3 Å². The van der Waals surface area contributed by atoms with E-state index in [4.69, 9.17) is 10.5 Å². The van der Waals surface area contributed by atoms with Gasteiger partial charge in [-0.15, -0.1) is 0 Å². The van der Waals surface area contributed by atoms with Crippen molar-refractivity contribution >= 4 is 29.5 Å². The molecule has 0 aliphatic heterocycles. The number of nitrogens with one attached hydrogen (secondary N) is 2. The Morgan fingerprint density at radius 3 is 2.25 bits per heavy atom. The number of esters is 1. The van der Waals surface area contributed by atoms with Crippen molar-refractivity contribution in [3.05, 3.63) is 107 Å². The molecule has 0 saturated carbocycles. The predicted octanol–water partition coefficient (Wildman–Crippen LogP) is 4.11. The van der Waals surface area contributed by atoms with E-state index >= 15 is 0 Å². The maximum Gasteiger partial charge on any atom is 0.308 e. The van der Waals surface area contributed by atoms with Crippen LogP contribution in [0.15, 0.2) is 84.9 Å². The average molecular weight is 483 g/mol. The van der Waals surface area contributed by atoms with Crippen molar-refractivity contribution in [3.8, 4) is 0 Å². The predicted molar refractivity (Wildman–Crippen MR) is 136 cm³/mol. The molecule has 0 radical (unpaired) electrons. The van der Waals surface area contributed by atoms with Crippen molar-refractivity contribution < 1.29 is 14.3 Å². The number of aryl methyl sites for hydroxylation is 1. The summed E-state index contributed by atoms with van der Waals surface area (Å²) in [6.07, 6.45) is -0.0718. The zero-order valence-electron chi connectivity index (χ0n) is 19.7. The van der Waals surface area contributed by atoms with Crippen LogP contribution in [0.5, 0.6) is 0 Å². The number of nitrogen functional groups attached to an aromatic ring is 1. The Morgan fingerprint density at radius 1 is 0.889 bits per heavy atom. The van der Waals surface area contributed by atoms with Crippen LogP contribution >= 0.6 is 0 Å². The van der Waals surface area contributed by atoms with Crippen LogP contribution < -0.4 is 16.4 Å². The van der Waals surface area contributed by atoms with Crippen LogP contribution in [0.25, 0.3) is 0 Å². The fraction of sp³-hybridized carbons (Fsp3) is 0.148. The second-order valence-electron chi connectivity index (χ2n) is 8.09. The highest BCUT2D eigenvalue weighted by Gasteiger charge is 2.20. The van der Waals surface area contributed by atoms with Gasteiger partial charge >= 0.3 is 5.97 Å². The molecule has 0 spiro atoms. The molecule has 4 rings (SSSR count). The molecule has 1 unspecified atom stereocenters. The number of carbonyl (C=O) groups excluding carboxylic acids is 2. The Hall–Kier alpha value is -4.79. The number of nitrogens with two attached hydrogens (primary N) is 1. The average Bonchev–Trinajstić information content (AvgIpc) is 2.89. The number of ether oxygens (including phenoxy) is 1. The van der Waals surface area contributed by atoms with Crippen LogP contribution in [0.2, 0.25) is 0 Å². The molecule has 4 aromatic rings. The highest BCUT2D eigenvalue weighted by molar-refractivity contribution is 5.94. The lowest BCUT2D eigenvalue weighted by molar-refractivity contribution is -0.145. The molecule has 1 amide bonds. The smallest absolute Gasteiger partial charge is 0.308 e. The van der Waals surface area contributed by atoms with E-state index in [1.165, 1.54) is 0 Å². The Kier molecular flexibility index (Phi) is 7.82. The fourth-order valence-corrected chi connectivity index (χ4v) is 3.46. The monoisotopic (exact) mass is 482 g/mol. The zero-order valence-corrected chi connectivity index (χ0v) is 19.7. The summed E-state index contributed by atoms with van der Waals surface area (Å²) >= 11 is 0. The SMILES string of the molecule is Cc1ccc(Nc2nc(N)nc(COC(=O)CC(NC(=O)c3ccccc3)c3ccccc3)n2)cc1. The van der Waals surface area contributed by atoms with Gasteiger partial charge in [0.2, 0.25) is 11.9 Å². The van der Waals surface area contributed by atoms with Gasteiger partial charge in [0.15, 0.2) is 12.4 Å². The maximum absolute atomic E-state index is 12.7. The number of amides is 1. The van der Waals surface area contributed by atoms with Crippen LogP contribution in [0.3, 0.4) is 0 Å². The molecule has 4 N–H and O–H groups in total. The van der Waals surface area contributed by atoms with Crippen molar-refractivity contribution in [2.75, 3.05) is 11.1 Å². The summed E-state index contributed by atoms with van der Waals surface area (Å²) in [5.74, 6) is -0.355. The van der Waals surface area contributed by atoms with E-state index in [-0.39, 0.29) is 36.7 Å². The summed E-state index contributed by atoms with van der Waals surface area (Å²) in [6.45, 7) is 1.80. The van der Waals surface area contributed by atoms with Gasteiger partial charge in [-0.25, -0.2) is 0 Å². The fourth-order valence-electron chi connectivity index (χ4n) is 3.46. The summed E-state index contributed by atoms with van der Waals surface area (Å²) in [4.78, 5) is 37.9. The van der Waals surface area contributed by atoms with Gasteiger partial charge in [0.25, 0.3) is 5.91 Å². The molecule has 3 aromatic carbocycles. The van der Waals surface area contributed by atoms with E-state index in [0.29, 0.717) is 5.56 Å². The van der Waals surface area contributed by atoms with Crippen LogP contribution in [0.4, 0.5) is 17.6 Å². The third-order valence-electron chi connectivity index (χ3n) is 5.28. The van der Waals surface area contributed by atoms with Gasteiger partial charge in [-0.05, 0) is 36.8 Å². The molecule has 1 aromatic heterocycles. The minimum atomic E-state index is -0.575. The molecular formula is C27H26N6O3. The summed E-state index contributed by atoms with van der Waals surface area (Å²) < 4.78 is 5.42. The topological polar surface area (TPSA) is 132 Å². The van der Waals surface area contributed by atoms with Gasteiger partial charge in [-0.2, -0.15) is 15.0 Å². The van der Waals surface area contributed by atoms with E-state index < -0.39 is 12.0 Å². The number of hydrogen-bond donors (Lipinski definition) is 3. The van der Waals surface area contributed by atoms with Crippen LogP contribution in [-0.4, -0.2) is 26.8 Å². The summed E-state index contributed by atoms with van der Waals surface area (Å²) in [5, 5.41) is 5.98. The molecule has 0 fully saturated rings. The standard InChI is InChI=1S/C27H26N6O3/c1-18-12-14-21(15-13-18)29-27-32-23(31-26(28)33-27)17-36-24(34)16-22(19-8-4-2-5-9-19)30-25(35)20-10-6-3-7-11-20/h2-15,22H,16-17H2,1H3,(H,30,35)(H3,28,29,31,32,33). The second kappa shape index (κ2) is 11.6. The first-order chi connectivity index (χ1) is 17.5. The van der Waals surface area contributed by atoms with E-state index in [1.807, 2.05) is 67.6 Å². The number of carbonyl (C=O) groups is 2. The first-order valence-corrected chi connectivity index (χ1v) is 11.4. The van der Waals surface area contributed by atoms with Gasteiger partial charge in [-0.1, -0.05) is 66.2 Å². The van der Waals surface area contributed by atoms with Gasteiger partial charge in [0, 0.05) is 11.3 Å². The number of hydrogen-bond acceptors (Lipinski definition) is 8. The van der Waals surface area contributed by atoms with Crippen LogP contribution in [0.1, 0.15) is 39.8 Å². The number of aromatic nitrogens is 3. The number of nitrogens with zero attached hydrogens (tertiary/aromatic N) is 3. The van der Waals surface area contributed by atoms with E-state index in [2.05, 4.69) is 25.6 Å². The normalized spacial score (nSPS) is 11.4. The summed E-state index contributed by atoms with van der Waals surface area (Å²) in [5.41, 5.74) is 9.01. The first kappa shape index (κ1) is 24.3. The van der Waals surface area contributed by atoms with Crippen LogP contribution in [0, 0.1) is 6.92 Å². The van der Waals surface area contributed by atoms with Crippen molar-refractivity contribution in [2.24, 2.45) is 0 Å². The maximum atomic E-state index is 12.7. The molecule has 1 atom stereocenters. The number of anilines is 3. The van der Waals surface area contributed by atoms with E-state index in [1.54, 1.807) is 24.3 Å². The molecule has 0 bridgehead atoms. The third-order valence-corrected chi connectivity index (χ3v) is 5.28. The van der Waals surface area contributed by atoms with Crippen molar-refractivity contribution in [2.45, 2.75) is 26.0 Å². The molecule has 9 heteroatoms. The second-order valence-corrected chi connectivity index (χ2v) is 8.09. The summed E-state index contributed by atoms with van der Waals surface area (Å²) in [7, 11) is 0. The molecule has 36 heavy (non-hydrogen) atoms. The van der Waals surface area contributed by atoms with Gasteiger partial charge in [-0.3, -0.25) is 9.59 Å². The zero-order chi connectivity index (χ0) is 25.3. The quantitative estimate of drug-likeness (QED) is 0.304. The van der Waals surface area contributed by atoms with Gasteiger partial charge in [0.1, 0.15) is 0 Å². The third kappa shape index (κ3) is 6.86. The first-order valence-electron chi connectivity index (χ1n) is 11.4. The van der Waals surface area contributed by atoms with E-state index in [9.17, 15) is 9.59 Å². The molecule has 0 aliphatic carbocycles. The Labute approximate surface area is 208 Å². The molecule has 182 valence electrons. The van der Waals surface area contributed by atoms with Crippen LogP contribution in [-0.2, 0) is 16.1 Å². The molecular weight excluding hydrogens is 456 g/mol. The highest BCUT2D eigenvalue weighted by Crippen LogP contribution is 2.19. The Bertz CT molecular complexity index is 1310. The lowest BCUT2D eigenvalue weighted by atomic mass is 10.0. The highest BCUT2D eigenvalue weighted by atomic mass is 16.5. The number of benzene rings is 3. The number of rotatable bonds is 9. The molecule has 0 aliphatic rings. The minimum Gasteiger partial charge on any atom is -0.457 e. The minimum absolute atomic E-state index is 0.00273.